The number of aliphatic hydroxyl groups is 1. The third kappa shape index (κ3) is 2.82. The van der Waals surface area contributed by atoms with Crippen molar-refractivity contribution in [2.45, 2.75) is 63.9 Å². The average Bonchev–Trinajstić information content (AvgIpc) is 2.76. The predicted molar refractivity (Wildman–Crippen MR) is 60.1 cm³/mol. The van der Waals surface area contributed by atoms with Gasteiger partial charge in [-0.1, -0.05) is 18.5 Å². The summed E-state index contributed by atoms with van der Waals surface area (Å²) in [4.78, 5) is 4.44. The summed E-state index contributed by atoms with van der Waals surface area (Å²) in [5, 5.41) is 13.4. The molecule has 0 saturated heterocycles. The van der Waals surface area contributed by atoms with Gasteiger partial charge in [-0.3, -0.25) is 0 Å². The van der Waals surface area contributed by atoms with Gasteiger partial charge in [0.25, 0.3) is 0 Å². The van der Waals surface area contributed by atoms with Gasteiger partial charge in [-0.25, -0.2) is 0 Å². The van der Waals surface area contributed by atoms with Crippen molar-refractivity contribution < 1.29 is 9.63 Å². The van der Waals surface area contributed by atoms with Gasteiger partial charge in [-0.15, -0.1) is 0 Å². The smallest absolute Gasteiger partial charge is 0.229 e. The Balaban J connectivity index is 1.91. The Hall–Kier alpha value is -0.900. The van der Waals surface area contributed by atoms with Gasteiger partial charge >= 0.3 is 0 Å². The lowest BCUT2D eigenvalue weighted by molar-refractivity contribution is 0.116. The van der Waals surface area contributed by atoms with Crippen molar-refractivity contribution in [3.8, 4) is 0 Å². The Bertz CT molecular complexity index is 317. The summed E-state index contributed by atoms with van der Waals surface area (Å²) in [5.41, 5.74) is 0. The van der Waals surface area contributed by atoms with E-state index in [0.29, 0.717) is 5.92 Å². The Kier molecular flexibility index (Phi) is 3.93. The van der Waals surface area contributed by atoms with Crippen molar-refractivity contribution in [3.05, 3.63) is 11.7 Å². The van der Waals surface area contributed by atoms with Gasteiger partial charge in [-0.2, -0.15) is 4.98 Å². The minimum Gasteiger partial charge on any atom is -0.393 e. The van der Waals surface area contributed by atoms with Gasteiger partial charge in [-0.05, 0) is 32.1 Å². The zero-order valence-corrected chi connectivity index (χ0v) is 9.85. The molecule has 16 heavy (non-hydrogen) atoms. The highest BCUT2D eigenvalue weighted by atomic mass is 16.5. The Morgan fingerprint density at radius 3 is 2.75 bits per heavy atom. The summed E-state index contributed by atoms with van der Waals surface area (Å²) in [6, 6.07) is 0. The molecule has 4 heteroatoms. The van der Waals surface area contributed by atoms with E-state index in [2.05, 4.69) is 17.1 Å². The van der Waals surface area contributed by atoms with E-state index in [1.54, 1.807) is 0 Å². The highest BCUT2D eigenvalue weighted by Gasteiger charge is 2.25. The molecule has 0 bridgehead atoms. The van der Waals surface area contributed by atoms with Crippen molar-refractivity contribution in [2.24, 2.45) is 0 Å². The molecule has 1 aliphatic carbocycles. The lowest BCUT2D eigenvalue weighted by Crippen LogP contribution is -2.17. The van der Waals surface area contributed by atoms with Crippen molar-refractivity contribution in [2.75, 3.05) is 0 Å². The molecule has 1 saturated carbocycles. The van der Waals surface area contributed by atoms with Crippen LogP contribution in [0.4, 0.5) is 0 Å². The van der Waals surface area contributed by atoms with E-state index >= 15 is 0 Å². The maximum atomic E-state index is 9.43. The molecule has 1 aromatic rings. The van der Waals surface area contributed by atoms with Gasteiger partial charge < -0.3 is 9.63 Å². The predicted octanol–water partition coefficient (Wildman–Crippen LogP) is 2.43. The largest absolute Gasteiger partial charge is 0.393 e. The van der Waals surface area contributed by atoms with Gasteiger partial charge in [0.05, 0.1) is 6.10 Å². The van der Waals surface area contributed by atoms with E-state index in [4.69, 9.17) is 4.52 Å². The molecule has 1 N–H and O–H groups in total. The van der Waals surface area contributed by atoms with Crippen LogP contribution in [0, 0.1) is 0 Å². The van der Waals surface area contributed by atoms with E-state index in [9.17, 15) is 5.11 Å². The lowest BCUT2D eigenvalue weighted by atomic mass is 9.87. The molecule has 1 heterocycles. The first-order chi connectivity index (χ1) is 7.79. The maximum absolute atomic E-state index is 9.43. The van der Waals surface area contributed by atoms with E-state index in [1.165, 1.54) is 0 Å². The topological polar surface area (TPSA) is 59.2 Å². The fraction of sp³-hybridized carbons (Fsp3) is 0.833. The maximum Gasteiger partial charge on any atom is 0.229 e. The highest BCUT2D eigenvalue weighted by molar-refractivity contribution is 4.96. The van der Waals surface area contributed by atoms with Gasteiger partial charge in [0.2, 0.25) is 5.89 Å². The van der Waals surface area contributed by atoms with Gasteiger partial charge in [0.1, 0.15) is 0 Å². The SMILES string of the molecule is CCCCc1noc(C2CCC(O)CC2)n1. The standard InChI is InChI=1S/C12H20N2O2/c1-2-3-4-11-13-12(16-14-11)9-5-7-10(15)8-6-9/h9-10,15H,2-8H2,1H3. The number of unbranched alkanes of at least 4 members (excludes halogenated alkanes) is 1. The molecule has 0 radical (unpaired) electrons. The molecule has 0 aliphatic heterocycles. The van der Waals surface area contributed by atoms with Gasteiger partial charge in [0.15, 0.2) is 5.82 Å². The molecule has 0 unspecified atom stereocenters. The first-order valence-corrected chi connectivity index (χ1v) is 6.30. The second-order valence-electron chi connectivity index (χ2n) is 4.66. The van der Waals surface area contributed by atoms with E-state index < -0.39 is 0 Å². The Morgan fingerprint density at radius 1 is 1.31 bits per heavy atom. The molecule has 4 nitrogen and oxygen atoms in total. The summed E-state index contributed by atoms with van der Waals surface area (Å²) >= 11 is 0. The fourth-order valence-electron chi connectivity index (χ4n) is 2.19. The fourth-order valence-corrected chi connectivity index (χ4v) is 2.19. The third-order valence-corrected chi connectivity index (χ3v) is 3.28. The number of hydrogen-bond donors (Lipinski definition) is 1. The van der Waals surface area contributed by atoms with Crippen LogP contribution < -0.4 is 0 Å². The zero-order valence-electron chi connectivity index (χ0n) is 9.85. The molecule has 0 amide bonds. The molecule has 2 rings (SSSR count). The van der Waals surface area contributed by atoms with Crippen LogP contribution in [0.3, 0.4) is 0 Å². The molecular weight excluding hydrogens is 204 g/mol. The number of rotatable bonds is 4. The minimum atomic E-state index is -0.126. The van der Waals surface area contributed by atoms with Crippen LogP contribution in [0.2, 0.25) is 0 Å². The quantitative estimate of drug-likeness (QED) is 0.853. The molecule has 0 atom stereocenters. The van der Waals surface area contributed by atoms with Crippen LogP contribution in [-0.4, -0.2) is 21.4 Å². The Labute approximate surface area is 96.1 Å². The number of hydrogen-bond acceptors (Lipinski definition) is 4. The van der Waals surface area contributed by atoms with Crippen LogP contribution in [-0.2, 0) is 6.42 Å². The van der Waals surface area contributed by atoms with E-state index in [0.717, 1.165) is 56.7 Å². The van der Waals surface area contributed by atoms with Gasteiger partial charge in [0, 0.05) is 12.3 Å². The molecule has 1 aromatic heterocycles. The van der Waals surface area contributed by atoms with Crippen molar-refractivity contribution >= 4 is 0 Å². The van der Waals surface area contributed by atoms with Crippen LogP contribution in [0.25, 0.3) is 0 Å². The minimum absolute atomic E-state index is 0.126. The van der Waals surface area contributed by atoms with E-state index in [1.807, 2.05) is 0 Å². The molecule has 90 valence electrons. The van der Waals surface area contributed by atoms with Crippen molar-refractivity contribution in [1.29, 1.82) is 0 Å². The monoisotopic (exact) mass is 224 g/mol. The van der Waals surface area contributed by atoms with Crippen LogP contribution in [0.15, 0.2) is 4.52 Å². The van der Waals surface area contributed by atoms with E-state index in [-0.39, 0.29) is 6.10 Å². The summed E-state index contributed by atoms with van der Waals surface area (Å²) in [6.07, 6.45) is 6.71. The van der Waals surface area contributed by atoms with Crippen LogP contribution >= 0.6 is 0 Å². The summed E-state index contributed by atoms with van der Waals surface area (Å²) < 4.78 is 5.29. The zero-order chi connectivity index (χ0) is 11.4. The normalized spacial score (nSPS) is 25.9. The summed E-state index contributed by atoms with van der Waals surface area (Å²) in [6.45, 7) is 2.16. The summed E-state index contributed by atoms with van der Waals surface area (Å²) in [5.74, 6) is 1.98. The molecule has 1 aliphatic rings. The molecule has 0 spiro atoms. The second kappa shape index (κ2) is 5.43. The van der Waals surface area contributed by atoms with Crippen LogP contribution in [0.1, 0.15) is 63.1 Å². The lowest BCUT2D eigenvalue weighted by Gasteiger charge is -2.22. The summed E-state index contributed by atoms with van der Waals surface area (Å²) in [7, 11) is 0. The second-order valence-corrected chi connectivity index (χ2v) is 4.66. The molecule has 0 aromatic carbocycles. The number of aliphatic hydroxyl groups excluding tert-OH is 1. The number of aryl methyl sites for hydroxylation is 1. The molecular formula is C12H20N2O2. The Morgan fingerprint density at radius 2 is 2.06 bits per heavy atom. The first-order valence-electron chi connectivity index (χ1n) is 6.30. The third-order valence-electron chi connectivity index (χ3n) is 3.28. The number of nitrogens with zero attached hydrogens (tertiary/aromatic N) is 2. The number of aromatic nitrogens is 2. The highest BCUT2D eigenvalue weighted by Crippen LogP contribution is 2.31. The van der Waals surface area contributed by atoms with Crippen molar-refractivity contribution in [1.82, 2.24) is 10.1 Å². The average molecular weight is 224 g/mol. The van der Waals surface area contributed by atoms with Crippen molar-refractivity contribution in [3.63, 3.8) is 0 Å². The molecule has 1 fully saturated rings. The van der Waals surface area contributed by atoms with Crippen LogP contribution in [0.5, 0.6) is 0 Å². The first kappa shape index (κ1) is 11.6.